The second-order valence-electron chi connectivity index (χ2n) is 5.55. The maximum Gasteiger partial charge on any atom is 0.266 e. The number of rotatable bonds is 7. The number of amides is 1. The van der Waals surface area contributed by atoms with Crippen LogP contribution in [0.5, 0.6) is 5.75 Å². The van der Waals surface area contributed by atoms with Crippen LogP contribution in [-0.4, -0.2) is 12.5 Å². The number of benzene rings is 2. The highest BCUT2D eigenvalue weighted by Gasteiger charge is 2.13. The fraction of sp³-hybridized carbons (Fsp3) is 0.143. The van der Waals surface area contributed by atoms with E-state index in [1.807, 2.05) is 31.2 Å². The molecule has 0 bridgehead atoms. The molecule has 2 aromatic carbocycles. The molecule has 0 atom stereocenters. The van der Waals surface area contributed by atoms with E-state index < -0.39 is 5.91 Å². The second-order valence-corrected chi connectivity index (χ2v) is 7.32. The summed E-state index contributed by atoms with van der Waals surface area (Å²) in [5.41, 5.74) is 2.27. The van der Waals surface area contributed by atoms with E-state index >= 15 is 0 Å². The molecule has 0 fully saturated rings. The largest absolute Gasteiger partial charge is 0.492 e. The summed E-state index contributed by atoms with van der Waals surface area (Å²) in [6.45, 7) is 6.22. The molecule has 0 aliphatic rings. The van der Waals surface area contributed by atoms with E-state index in [1.54, 1.807) is 30.4 Å². The summed E-state index contributed by atoms with van der Waals surface area (Å²) in [5, 5.41) is 12.2. The highest BCUT2D eigenvalue weighted by atomic mass is 79.9. The number of anilines is 1. The number of carbonyl (C=O) groups excluding carboxylic acids is 1. The van der Waals surface area contributed by atoms with Crippen LogP contribution < -0.4 is 10.1 Å². The summed E-state index contributed by atoms with van der Waals surface area (Å²) in [6, 6.07) is 12.9. The number of nitriles is 1. The zero-order chi connectivity index (χ0) is 19.8. The van der Waals surface area contributed by atoms with Gasteiger partial charge in [-0.15, -0.1) is 6.58 Å². The van der Waals surface area contributed by atoms with Gasteiger partial charge < -0.3 is 10.1 Å². The third kappa shape index (κ3) is 5.81. The topological polar surface area (TPSA) is 62.1 Å². The number of ether oxygens (including phenoxy) is 1. The van der Waals surface area contributed by atoms with E-state index in [9.17, 15) is 10.1 Å². The van der Waals surface area contributed by atoms with Gasteiger partial charge in [0.2, 0.25) is 0 Å². The standard InChI is InChI=1S/C21H18Br2N2O2/c1-3-6-15-9-14(11-19(23)20(15)27-4-2)10-16(13-24)21(26)25-18-8-5-7-17(22)12-18/h3,5,7-12H,1,4,6H2,2H3,(H,25,26)/b16-10-. The molecule has 0 aliphatic carbocycles. The lowest BCUT2D eigenvalue weighted by Crippen LogP contribution is -2.13. The summed E-state index contributed by atoms with van der Waals surface area (Å²) < 4.78 is 7.28. The average Bonchev–Trinajstić information content (AvgIpc) is 2.62. The van der Waals surface area contributed by atoms with Crippen LogP contribution in [0.2, 0.25) is 0 Å². The molecule has 1 amide bonds. The van der Waals surface area contributed by atoms with E-state index in [4.69, 9.17) is 4.74 Å². The molecule has 27 heavy (non-hydrogen) atoms. The van der Waals surface area contributed by atoms with Crippen LogP contribution in [-0.2, 0) is 11.2 Å². The fourth-order valence-corrected chi connectivity index (χ4v) is 3.48. The Morgan fingerprint density at radius 1 is 1.33 bits per heavy atom. The molecule has 138 valence electrons. The lowest BCUT2D eigenvalue weighted by atomic mass is 10.0. The molecule has 4 nitrogen and oxygen atoms in total. The third-order valence-electron chi connectivity index (χ3n) is 3.55. The number of nitrogens with one attached hydrogen (secondary N) is 1. The van der Waals surface area contributed by atoms with Crippen molar-refractivity contribution < 1.29 is 9.53 Å². The minimum atomic E-state index is -0.467. The van der Waals surface area contributed by atoms with Crippen molar-refractivity contribution in [2.24, 2.45) is 0 Å². The van der Waals surface area contributed by atoms with Crippen molar-refractivity contribution in [1.29, 1.82) is 5.26 Å². The number of carbonyl (C=O) groups is 1. The van der Waals surface area contributed by atoms with E-state index in [-0.39, 0.29) is 5.57 Å². The van der Waals surface area contributed by atoms with Crippen molar-refractivity contribution in [3.8, 4) is 11.8 Å². The van der Waals surface area contributed by atoms with Crippen molar-refractivity contribution in [2.45, 2.75) is 13.3 Å². The number of hydrogen-bond acceptors (Lipinski definition) is 3. The Bertz CT molecular complexity index is 930. The molecule has 2 rings (SSSR count). The lowest BCUT2D eigenvalue weighted by Gasteiger charge is -2.12. The van der Waals surface area contributed by atoms with Gasteiger partial charge in [0.05, 0.1) is 11.1 Å². The molecular formula is C21H18Br2N2O2. The maximum atomic E-state index is 12.5. The smallest absolute Gasteiger partial charge is 0.266 e. The van der Waals surface area contributed by atoms with Gasteiger partial charge in [0.1, 0.15) is 17.4 Å². The van der Waals surface area contributed by atoms with Gasteiger partial charge in [-0.3, -0.25) is 4.79 Å². The first-order chi connectivity index (χ1) is 13.0. The normalized spacial score (nSPS) is 10.8. The number of halogens is 2. The predicted molar refractivity (Wildman–Crippen MR) is 116 cm³/mol. The van der Waals surface area contributed by atoms with Crippen molar-refractivity contribution in [3.63, 3.8) is 0 Å². The predicted octanol–water partition coefficient (Wildman–Crippen LogP) is 5.88. The monoisotopic (exact) mass is 488 g/mol. The summed E-state index contributed by atoms with van der Waals surface area (Å²) in [5.74, 6) is 0.275. The van der Waals surface area contributed by atoms with Crippen molar-refractivity contribution in [3.05, 3.63) is 74.7 Å². The Labute approximate surface area is 175 Å². The molecule has 6 heteroatoms. The fourth-order valence-electron chi connectivity index (χ4n) is 2.45. The van der Waals surface area contributed by atoms with Gasteiger partial charge >= 0.3 is 0 Å². The molecule has 0 aromatic heterocycles. The Morgan fingerprint density at radius 3 is 2.74 bits per heavy atom. The number of allylic oxidation sites excluding steroid dienone is 1. The lowest BCUT2D eigenvalue weighted by molar-refractivity contribution is -0.112. The molecule has 0 saturated heterocycles. The first-order valence-corrected chi connectivity index (χ1v) is 9.82. The van der Waals surface area contributed by atoms with Crippen molar-refractivity contribution in [2.75, 3.05) is 11.9 Å². The molecular weight excluding hydrogens is 472 g/mol. The van der Waals surface area contributed by atoms with Crippen LogP contribution in [0.25, 0.3) is 6.08 Å². The van der Waals surface area contributed by atoms with E-state index in [1.165, 1.54) is 0 Å². The van der Waals surface area contributed by atoms with Crippen LogP contribution in [0.1, 0.15) is 18.1 Å². The van der Waals surface area contributed by atoms with Crippen LogP contribution in [0.4, 0.5) is 5.69 Å². The highest BCUT2D eigenvalue weighted by Crippen LogP contribution is 2.32. The van der Waals surface area contributed by atoms with Crippen molar-refractivity contribution in [1.82, 2.24) is 0 Å². The Hall–Kier alpha value is -2.36. The molecule has 0 radical (unpaired) electrons. The molecule has 2 aromatic rings. The van der Waals surface area contributed by atoms with Crippen molar-refractivity contribution >= 4 is 49.5 Å². The summed E-state index contributed by atoms with van der Waals surface area (Å²) in [4.78, 5) is 12.5. The van der Waals surface area contributed by atoms with E-state index in [0.29, 0.717) is 18.7 Å². The van der Waals surface area contributed by atoms with Crippen LogP contribution in [0.3, 0.4) is 0 Å². The summed E-state index contributed by atoms with van der Waals surface area (Å²) >= 11 is 6.86. The first-order valence-electron chi connectivity index (χ1n) is 8.23. The Morgan fingerprint density at radius 2 is 2.11 bits per heavy atom. The highest BCUT2D eigenvalue weighted by molar-refractivity contribution is 9.10. The minimum Gasteiger partial charge on any atom is -0.492 e. The van der Waals surface area contributed by atoms with Crippen LogP contribution >= 0.6 is 31.9 Å². The number of hydrogen-bond donors (Lipinski definition) is 1. The quantitative estimate of drug-likeness (QED) is 0.300. The molecule has 1 N–H and O–H groups in total. The Balaban J connectivity index is 2.34. The maximum absolute atomic E-state index is 12.5. The van der Waals surface area contributed by atoms with E-state index in [0.717, 1.165) is 25.8 Å². The van der Waals surface area contributed by atoms with Gasteiger partial charge in [-0.1, -0.05) is 28.1 Å². The first kappa shape index (κ1) is 20.9. The molecule has 0 unspecified atom stereocenters. The molecule has 0 saturated carbocycles. The summed E-state index contributed by atoms with van der Waals surface area (Å²) in [6.07, 6.45) is 3.95. The minimum absolute atomic E-state index is 0.00980. The van der Waals surface area contributed by atoms with Gasteiger partial charge in [0.15, 0.2) is 0 Å². The molecule has 0 heterocycles. The van der Waals surface area contributed by atoms with Crippen LogP contribution in [0, 0.1) is 11.3 Å². The molecule has 0 aliphatic heterocycles. The van der Waals surface area contributed by atoms with Gasteiger partial charge in [-0.25, -0.2) is 0 Å². The van der Waals surface area contributed by atoms with Crippen LogP contribution in [0.15, 0.2) is 63.6 Å². The zero-order valence-electron chi connectivity index (χ0n) is 14.8. The third-order valence-corrected chi connectivity index (χ3v) is 4.64. The van der Waals surface area contributed by atoms with Gasteiger partial charge in [0, 0.05) is 10.2 Å². The Kier molecular flexibility index (Phi) is 7.83. The SMILES string of the molecule is C=CCc1cc(/C=C(/C#N)C(=O)Nc2cccc(Br)c2)cc(Br)c1OCC. The van der Waals surface area contributed by atoms with Gasteiger partial charge in [-0.05, 0) is 76.8 Å². The van der Waals surface area contributed by atoms with Gasteiger partial charge in [0.25, 0.3) is 5.91 Å². The van der Waals surface area contributed by atoms with Gasteiger partial charge in [-0.2, -0.15) is 5.26 Å². The summed E-state index contributed by atoms with van der Waals surface area (Å²) in [7, 11) is 0. The molecule has 0 spiro atoms. The number of nitrogens with zero attached hydrogens (tertiary/aromatic N) is 1. The average molecular weight is 490 g/mol. The zero-order valence-corrected chi connectivity index (χ0v) is 17.9. The second kappa shape index (κ2) is 10.1. The van der Waals surface area contributed by atoms with E-state index in [2.05, 4.69) is 43.8 Å².